The van der Waals surface area contributed by atoms with Gasteiger partial charge in [0, 0.05) is 0 Å². The predicted molar refractivity (Wildman–Crippen MR) is 56.7 cm³/mol. The molecule has 4 heteroatoms. The van der Waals surface area contributed by atoms with Crippen LogP contribution in [0.4, 0.5) is 0 Å². The van der Waals surface area contributed by atoms with Gasteiger partial charge in [-0.3, -0.25) is 4.79 Å². The van der Waals surface area contributed by atoms with Gasteiger partial charge in [0.1, 0.15) is 11.8 Å². The first-order chi connectivity index (χ1) is 7.17. The normalized spacial score (nSPS) is 12.1. The minimum Gasteiger partial charge on any atom is -0.508 e. The Bertz CT molecular complexity index is 321. The Balaban J connectivity index is 2.66. The summed E-state index contributed by atoms with van der Waals surface area (Å²) in [5, 5.41) is 12.0. The number of methoxy groups -OCH3 is 1. The van der Waals surface area contributed by atoms with Crippen molar-refractivity contribution in [3.8, 4) is 5.75 Å². The Hall–Kier alpha value is -1.55. The molecule has 0 saturated carbocycles. The summed E-state index contributed by atoms with van der Waals surface area (Å²) in [6, 6.07) is 6.41. The fourth-order valence-corrected chi connectivity index (χ4v) is 1.31. The van der Waals surface area contributed by atoms with Crippen molar-refractivity contribution < 1.29 is 14.6 Å². The van der Waals surface area contributed by atoms with Crippen molar-refractivity contribution in [2.24, 2.45) is 0 Å². The lowest BCUT2D eigenvalue weighted by Crippen LogP contribution is -2.36. The van der Waals surface area contributed by atoms with E-state index in [0.29, 0.717) is 6.42 Å². The van der Waals surface area contributed by atoms with Crippen LogP contribution >= 0.6 is 0 Å². The minimum atomic E-state index is -0.348. The van der Waals surface area contributed by atoms with Crippen LogP contribution in [-0.2, 0) is 16.0 Å². The quantitative estimate of drug-likeness (QED) is 0.716. The molecular formula is C11H15NO3. The molecule has 0 radical (unpaired) electrons. The average molecular weight is 209 g/mol. The number of phenolic OH excluding ortho intramolecular Hbond substituents is 1. The zero-order valence-electron chi connectivity index (χ0n) is 8.86. The van der Waals surface area contributed by atoms with Gasteiger partial charge < -0.3 is 15.2 Å². The van der Waals surface area contributed by atoms with Crippen molar-refractivity contribution >= 4 is 5.97 Å². The maximum Gasteiger partial charge on any atom is 0.323 e. The number of hydrogen-bond acceptors (Lipinski definition) is 4. The average Bonchev–Trinajstić information content (AvgIpc) is 2.27. The third-order valence-electron chi connectivity index (χ3n) is 2.21. The molecular weight excluding hydrogens is 194 g/mol. The number of benzene rings is 1. The van der Waals surface area contributed by atoms with Crippen LogP contribution in [0.5, 0.6) is 5.75 Å². The second kappa shape index (κ2) is 5.36. The third-order valence-corrected chi connectivity index (χ3v) is 2.21. The standard InChI is InChI=1S/C11H15NO3/c1-12-10(11(14)15-2)7-8-3-5-9(13)6-4-8/h3-6,10,12-13H,7H2,1-2H3/t10-/m0/s1. The molecule has 0 spiro atoms. The van der Waals surface area contributed by atoms with E-state index < -0.39 is 0 Å². The fraction of sp³-hybridized carbons (Fsp3) is 0.364. The molecule has 1 aromatic carbocycles. The Morgan fingerprint density at radius 1 is 1.47 bits per heavy atom. The first kappa shape index (κ1) is 11.5. The predicted octanol–water partition coefficient (Wildman–Crippen LogP) is 0.696. The van der Waals surface area contributed by atoms with Crippen LogP contribution in [0.1, 0.15) is 5.56 Å². The summed E-state index contributed by atoms with van der Waals surface area (Å²) in [7, 11) is 3.07. The Labute approximate surface area is 88.9 Å². The van der Waals surface area contributed by atoms with Gasteiger partial charge in [-0.25, -0.2) is 0 Å². The zero-order valence-corrected chi connectivity index (χ0v) is 8.86. The van der Waals surface area contributed by atoms with E-state index in [0.717, 1.165) is 5.56 Å². The number of likely N-dealkylation sites (N-methyl/N-ethyl adjacent to an activating group) is 1. The molecule has 82 valence electrons. The summed E-state index contributed by atoms with van der Waals surface area (Å²) in [5.41, 5.74) is 0.970. The van der Waals surface area contributed by atoms with Crippen molar-refractivity contribution in [3.63, 3.8) is 0 Å². The first-order valence-electron chi connectivity index (χ1n) is 4.70. The van der Waals surface area contributed by atoms with Gasteiger partial charge >= 0.3 is 5.97 Å². The number of phenols is 1. The Morgan fingerprint density at radius 2 is 2.07 bits per heavy atom. The molecule has 1 atom stereocenters. The zero-order chi connectivity index (χ0) is 11.3. The molecule has 2 N–H and O–H groups in total. The number of esters is 1. The molecule has 0 aliphatic rings. The molecule has 0 aromatic heterocycles. The van der Waals surface area contributed by atoms with Gasteiger partial charge in [0.05, 0.1) is 7.11 Å². The molecule has 1 rings (SSSR count). The highest BCUT2D eigenvalue weighted by molar-refractivity contribution is 5.76. The minimum absolute atomic E-state index is 0.220. The van der Waals surface area contributed by atoms with E-state index in [4.69, 9.17) is 5.11 Å². The first-order valence-corrected chi connectivity index (χ1v) is 4.70. The van der Waals surface area contributed by atoms with Crippen molar-refractivity contribution in [1.82, 2.24) is 5.32 Å². The van der Waals surface area contributed by atoms with Crippen LogP contribution < -0.4 is 5.32 Å². The highest BCUT2D eigenvalue weighted by atomic mass is 16.5. The molecule has 0 heterocycles. The van der Waals surface area contributed by atoms with E-state index in [-0.39, 0.29) is 17.8 Å². The second-order valence-corrected chi connectivity index (χ2v) is 3.23. The summed E-state index contributed by atoms with van der Waals surface area (Å²) >= 11 is 0. The van der Waals surface area contributed by atoms with Gasteiger partial charge in [0.15, 0.2) is 0 Å². The Morgan fingerprint density at radius 3 is 2.53 bits per heavy atom. The van der Waals surface area contributed by atoms with Crippen LogP contribution in [0.25, 0.3) is 0 Å². The van der Waals surface area contributed by atoms with Gasteiger partial charge in [-0.15, -0.1) is 0 Å². The number of aromatic hydroxyl groups is 1. The van der Waals surface area contributed by atoms with Gasteiger partial charge in [-0.1, -0.05) is 12.1 Å². The van der Waals surface area contributed by atoms with Crippen LogP contribution in [0.2, 0.25) is 0 Å². The van der Waals surface area contributed by atoms with Gasteiger partial charge in [-0.05, 0) is 31.2 Å². The lowest BCUT2D eigenvalue weighted by Gasteiger charge is -2.13. The van der Waals surface area contributed by atoms with Crippen LogP contribution in [0, 0.1) is 0 Å². The van der Waals surface area contributed by atoms with Crippen LogP contribution in [-0.4, -0.2) is 31.3 Å². The molecule has 0 saturated heterocycles. The summed E-state index contributed by atoms with van der Waals surface area (Å²) in [6.45, 7) is 0. The highest BCUT2D eigenvalue weighted by Gasteiger charge is 2.16. The highest BCUT2D eigenvalue weighted by Crippen LogP contribution is 2.11. The fourth-order valence-electron chi connectivity index (χ4n) is 1.31. The molecule has 0 aliphatic heterocycles. The second-order valence-electron chi connectivity index (χ2n) is 3.23. The number of rotatable bonds is 4. The molecule has 4 nitrogen and oxygen atoms in total. The summed E-state index contributed by atoms with van der Waals surface area (Å²) < 4.78 is 4.65. The van der Waals surface area contributed by atoms with E-state index in [1.165, 1.54) is 7.11 Å². The SMILES string of the molecule is CN[C@@H](Cc1ccc(O)cc1)C(=O)OC. The number of carbonyl (C=O) groups excluding carboxylic acids is 1. The third kappa shape index (κ3) is 3.25. The molecule has 0 fully saturated rings. The largest absolute Gasteiger partial charge is 0.508 e. The maximum atomic E-state index is 11.3. The van der Waals surface area contributed by atoms with E-state index in [1.807, 2.05) is 0 Å². The lowest BCUT2D eigenvalue weighted by molar-refractivity contribution is -0.142. The number of nitrogens with one attached hydrogen (secondary N) is 1. The Kier molecular flexibility index (Phi) is 4.12. The van der Waals surface area contributed by atoms with Gasteiger partial charge in [0.2, 0.25) is 0 Å². The topological polar surface area (TPSA) is 58.6 Å². The van der Waals surface area contributed by atoms with E-state index in [1.54, 1.807) is 31.3 Å². The van der Waals surface area contributed by atoms with Crippen molar-refractivity contribution in [1.29, 1.82) is 0 Å². The van der Waals surface area contributed by atoms with Crippen molar-refractivity contribution in [2.45, 2.75) is 12.5 Å². The molecule has 1 aromatic rings. The summed E-state index contributed by atoms with van der Waals surface area (Å²) in [5.74, 6) is -0.0663. The molecule has 15 heavy (non-hydrogen) atoms. The van der Waals surface area contributed by atoms with Gasteiger partial charge in [0.25, 0.3) is 0 Å². The van der Waals surface area contributed by atoms with E-state index in [2.05, 4.69) is 10.1 Å². The number of ether oxygens (including phenoxy) is 1. The lowest BCUT2D eigenvalue weighted by atomic mass is 10.1. The molecule has 0 unspecified atom stereocenters. The number of hydrogen-bond donors (Lipinski definition) is 2. The number of carbonyl (C=O) groups is 1. The molecule has 0 amide bonds. The van der Waals surface area contributed by atoms with Gasteiger partial charge in [-0.2, -0.15) is 0 Å². The van der Waals surface area contributed by atoms with E-state index >= 15 is 0 Å². The summed E-state index contributed by atoms with van der Waals surface area (Å²) in [4.78, 5) is 11.3. The maximum absolute atomic E-state index is 11.3. The van der Waals surface area contributed by atoms with Crippen LogP contribution in [0.3, 0.4) is 0 Å². The van der Waals surface area contributed by atoms with E-state index in [9.17, 15) is 4.79 Å². The molecule has 0 bridgehead atoms. The van der Waals surface area contributed by atoms with Crippen molar-refractivity contribution in [2.75, 3.05) is 14.2 Å². The summed E-state index contributed by atoms with van der Waals surface area (Å²) in [6.07, 6.45) is 0.545. The smallest absolute Gasteiger partial charge is 0.323 e. The molecule has 0 aliphatic carbocycles. The monoisotopic (exact) mass is 209 g/mol. The van der Waals surface area contributed by atoms with Crippen LogP contribution in [0.15, 0.2) is 24.3 Å². The van der Waals surface area contributed by atoms with Crippen molar-refractivity contribution in [3.05, 3.63) is 29.8 Å².